The predicted molar refractivity (Wildman–Crippen MR) is 79.6 cm³/mol. The number of rotatable bonds is 3. The summed E-state index contributed by atoms with van der Waals surface area (Å²) in [6.07, 6.45) is -4.72. The molecular formula is C17H12F4N2O. The minimum Gasteiger partial charge on any atom is -0.352 e. The van der Waals surface area contributed by atoms with Crippen LogP contribution >= 0.6 is 0 Å². The lowest BCUT2D eigenvalue weighted by Crippen LogP contribution is -2.23. The molecule has 24 heavy (non-hydrogen) atoms. The van der Waals surface area contributed by atoms with Crippen molar-refractivity contribution in [2.45, 2.75) is 13.1 Å². The van der Waals surface area contributed by atoms with E-state index in [1.54, 1.807) is 6.92 Å². The summed E-state index contributed by atoms with van der Waals surface area (Å²) in [4.78, 5) is 12.0. The van der Waals surface area contributed by atoms with Crippen molar-refractivity contribution in [2.24, 2.45) is 0 Å². The van der Waals surface area contributed by atoms with Gasteiger partial charge in [0.05, 0.1) is 22.8 Å². The number of alkyl halides is 3. The smallest absolute Gasteiger partial charge is 0.352 e. The minimum atomic E-state index is -4.72. The van der Waals surface area contributed by atoms with Crippen molar-refractivity contribution in [3.63, 3.8) is 0 Å². The molecule has 1 amide bonds. The fourth-order valence-corrected chi connectivity index (χ4v) is 2.26. The Bertz CT molecular complexity index is 822. The molecule has 2 aromatic rings. The van der Waals surface area contributed by atoms with E-state index >= 15 is 0 Å². The van der Waals surface area contributed by atoms with Gasteiger partial charge in [-0.25, -0.2) is 4.39 Å². The van der Waals surface area contributed by atoms with E-state index in [1.807, 2.05) is 0 Å². The highest BCUT2D eigenvalue weighted by atomic mass is 19.4. The van der Waals surface area contributed by atoms with Crippen LogP contribution < -0.4 is 5.32 Å². The molecule has 3 nitrogen and oxygen atoms in total. The van der Waals surface area contributed by atoms with Gasteiger partial charge < -0.3 is 5.32 Å². The zero-order chi connectivity index (χ0) is 17.9. The quantitative estimate of drug-likeness (QED) is 0.857. The third-order valence-corrected chi connectivity index (χ3v) is 3.32. The van der Waals surface area contributed by atoms with Crippen molar-refractivity contribution >= 4 is 5.91 Å². The number of nitrogens with one attached hydrogen (secondary N) is 1. The monoisotopic (exact) mass is 336 g/mol. The highest BCUT2D eigenvalue weighted by Crippen LogP contribution is 2.35. The molecule has 0 aromatic heterocycles. The van der Waals surface area contributed by atoms with Gasteiger partial charge in [0.2, 0.25) is 0 Å². The summed E-state index contributed by atoms with van der Waals surface area (Å²) in [6, 6.07) is 7.86. The van der Waals surface area contributed by atoms with Crippen LogP contribution in [0.3, 0.4) is 0 Å². The van der Waals surface area contributed by atoms with Crippen LogP contribution in [0.25, 0.3) is 11.1 Å². The van der Waals surface area contributed by atoms with E-state index < -0.39 is 29.0 Å². The topological polar surface area (TPSA) is 52.9 Å². The molecule has 0 fully saturated rings. The first-order chi connectivity index (χ1) is 11.3. The Kier molecular flexibility index (Phi) is 4.88. The number of halogens is 4. The second-order valence-corrected chi connectivity index (χ2v) is 4.92. The maximum Gasteiger partial charge on any atom is 0.417 e. The molecule has 0 aliphatic rings. The van der Waals surface area contributed by atoms with Crippen LogP contribution in [0.15, 0.2) is 36.4 Å². The first kappa shape index (κ1) is 17.5. The number of nitrogens with zero attached hydrogens (tertiary/aromatic N) is 1. The summed E-state index contributed by atoms with van der Waals surface area (Å²) in [7, 11) is 0. The Hall–Kier alpha value is -2.88. The van der Waals surface area contributed by atoms with Crippen molar-refractivity contribution in [2.75, 3.05) is 6.54 Å². The van der Waals surface area contributed by atoms with Gasteiger partial charge in [0.25, 0.3) is 5.91 Å². The Morgan fingerprint density at radius 1 is 1.21 bits per heavy atom. The van der Waals surface area contributed by atoms with E-state index in [2.05, 4.69) is 5.32 Å². The number of nitriles is 1. The highest BCUT2D eigenvalue weighted by Gasteiger charge is 2.34. The summed E-state index contributed by atoms with van der Waals surface area (Å²) in [5, 5.41) is 11.3. The molecule has 0 atom stereocenters. The fourth-order valence-electron chi connectivity index (χ4n) is 2.26. The molecule has 0 heterocycles. The van der Waals surface area contributed by atoms with Crippen molar-refractivity contribution in [3.05, 3.63) is 58.9 Å². The van der Waals surface area contributed by atoms with Crippen molar-refractivity contribution in [1.82, 2.24) is 5.32 Å². The van der Waals surface area contributed by atoms with E-state index in [-0.39, 0.29) is 23.2 Å². The Morgan fingerprint density at radius 3 is 2.50 bits per heavy atom. The third kappa shape index (κ3) is 3.54. The van der Waals surface area contributed by atoms with Gasteiger partial charge in [-0.1, -0.05) is 12.1 Å². The molecular weight excluding hydrogens is 324 g/mol. The Morgan fingerprint density at radius 2 is 1.92 bits per heavy atom. The van der Waals surface area contributed by atoms with E-state index in [0.717, 1.165) is 24.3 Å². The van der Waals surface area contributed by atoms with Gasteiger partial charge in [0.15, 0.2) is 0 Å². The zero-order valence-electron chi connectivity index (χ0n) is 12.5. The number of hydrogen-bond donors (Lipinski definition) is 1. The first-order valence-electron chi connectivity index (χ1n) is 6.97. The number of amides is 1. The van der Waals surface area contributed by atoms with Gasteiger partial charge in [0.1, 0.15) is 5.82 Å². The molecule has 2 rings (SSSR count). The fraction of sp³-hybridized carbons (Fsp3) is 0.176. The second kappa shape index (κ2) is 6.71. The van der Waals surface area contributed by atoms with Gasteiger partial charge in [-0.05, 0) is 42.3 Å². The Labute approximate surface area is 135 Å². The maximum atomic E-state index is 13.4. The summed E-state index contributed by atoms with van der Waals surface area (Å²) in [6.45, 7) is 1.95. The van der Waals surface area contributed by atoms with Gasteiger partial charge >= 0.3 is 6.18 Å². The van der Waals surface area contributed by atoms with Gasteiger partial charge in [0, 0.05) is 6.54 Å². The number of carbonyl (C=O) groups is 1. The number of carbonyl (C=O) groups excluding carboxylic acids is 1. The predicted octanol–water partition coefficient (Wildman–Crippen LogP) is 4.13. The molecule has 0 saturated carbocycles. The van der Waals surface area contributed by atoms with Gasteiger partial charge in [-0.3, -0.25) is 4.79 Å². The van der Waals surface area contributed by atoms with Crippen molar-refractivity contribution in [3.8, 4) is 17.2 Å². The molecule has 0 aliphatic heterocycles. The lowest BCUT2D eigenvalue weighted by atomic mass is 9.95. The average Bonchev–Trinajstić information content (AvgIpc) is 2.53. The Balaban J connectivity index is 2.65. The van der Waals surface area contributed by atoms with Crippen LogP contribution in [-0.4, -0.2) is 12.5 Å². The summed E-state index contributed by atoms with van der Waals surface area (Å²) in [5.41, 5.74) is -1.48. The van der Waals surface area contributed by atoms with Crippen LogP contribution in [-0.2, 0) is 6.18 Å². The molecule has 2 aromatic carbocycles. The molecule has 0 radical (unpaired) electrons. The van der Waals surface area contributed by atoms with E-state index in [0.29, 0.717) is 0 Å². The summed E-state index contributed by atoms with van der Waals surface area (Å²) in [5.74, 6) is -1.27. The largest absolute Gasteiger partial charge is 0.417 e. The van der Waals surface area contributed by atoms with Crippen LogP contribution in [0.1, 0.15) is 28.4 Å². The van der Waals surface area contributed by atoms with E-state index in [9.17, 15) is 22.4 Å². The molecule has 1 N–H and O–H groups in total. The summed E-state index contributed by atoms with van der Waals surface area (Å²) < 4.78 is 52.7. The zero-order valence-corrected chi connectivity index (χ0v) is 12.5. The van der Waals surface area contributed by atoms with E-state index in [1.165, 1.54) is 18.2 Å². The normalized spacial score (nSPS) is 11.0. The van der Waals surface area contributed by atoms with Crippen LogP contribution in [0.2, 0.25) is 0 Å². The number of hydrogen-bond acceptors (Lipinski definition) is 2. The molecule has 0 bridgehead atoms. The maximum absolute atomic E-state index is 13.4. The standard InChI is InChI=1S/C17H12F4N2O/c1-2-23-16(24)14-8-12(18)5-6-13(14)10-3-4-11(9-22)15(7-10)17(19,20)21/h3-8H,2H2,1H3,(H,23,24). The summed E-state index contributed by atoms with van der Waals surface area (Å²) >= 11 is 0. The molecule has 124 valence electrons. The number of benzene rings is 2. The molecule has 0 saturated heterocycles. The van der Waals surface area contributed by atoms with E-state index in [4.69, 9.17) is 5.26 Å². The second-order valence-electron chi connectivity index (χ2n) is 4.92. The van der Waals surface area contributed by atoms with Crippen molar-refractivity contribution in [1.29, 1.82) is 5.26 Å². The average molecular weight is 336 g/mol. The van der Waals surface area contributed by atoms with Gasteiger partial charge in [-0.2, -0.15) is 18.4 Å². The third-order valence-electron chi connectivity index (χ3n) is 3.32. The van der Waals surface area contributed by atoms with Crippen LogP contribution in [0.5, 0.6) is 0 Å². The molecule has 0 unspecified atom stereocenters. The first-order valence-corrected chi connectivity index (χ1v) is 6.97. The molecule has 0 aliphatic carbocycles. The molecule has 0 spiro atoms. The van der Waals surface area contributed by atoms with Gasteiger partial charge in [-0.15, -0.1) is 0 Å². The lowest BCUT2D eigenvalue weighted by Gasteiger charge is -2.13. The highest BCUT2D eigenvalue weighted by molar-refractivity contribution is 6.01. The van der Waals surface area contributed by atoms with Crippen LogP contribution in [0, 0.1) is 17.1 Å². The molecule has 7 heteroatoms. The SMILES string of the molecule is CCNC(=O)c1cc(F)ccc1-c1ccc(C#N)c(C(F)(F)F)c1. The van der Waals surface area contributed by atoms with Crippen molar-refractivity contribution < 1.29 is 22.4 Å². The van der Waals surface area contributed by atoms with Crippen LogP contribution in [0.4, 0.5) is 17.6 Å². The lowest BCUT2D eigenvalue weighted by molar-refractivity contribution is -0.137. The minimum absolute atomic E-state index is 0.0718.